The molecule has 7 nitrogen and oxygen atoms in total. The Labute approximate surface area is 191 Å². The second kappa shape index (κ2) is 10.4. The van der Waals surface area contributed by atoms with Gasteiger partial charge in [0.15, 0.2) is 6.29 Å². The molecule has 2 aromatic carbocycles. The number of halogens is 1. The maximum atomic E-state index is 14.8. The Morgan fingerprint density at radius 1 is 1.27 bits per heavy atom. The molecule has 33 heavy (non-hydrogen) atoms. The highest BCUT2D eigenvalue weighted by Gasteiger charge is 2.28. The van der Waals surface area contributed by atoms with Crippen molar-refractivity contribution in [3.8, 4) is 16.9 Å². The van der Waals surface area contributed by atoms with E-state index in [1.807, 2.05) is 11.9 Å². The summed E-state index contributed by atoms with van der Waals surface area (Å²) >= 11 is 0. The number of aromatic nitrogens is 2. The molecule has 1 aliphatic heterocycles. The summed E-state index contributed by atoms with van der Waals surface area (Å²) in [4.78, 5) is 30.0. The summed E-state index contributed by atoms with van der Waals surface area (Å²) in [6, 6.07) is 11.8. The molecule has 0 saturated carbocycles. The number of imidazole rings is 1. The van der Waals surface area contributed by atoms with Crippen LogP contribution in [0.15, 0.2) is 55.0 Å². The predicted molar refractivity (Wildman–Crippen MR) is 120 cm³/mol. The van der Waals surface area contributed by atoms with Gasteiger partial charge in [-0.25, -0.2) is 9.37 Å². The smallest absolute Gasteiger partial charge is 0.274 e. The lowest BCUT2D eigenvalue weighted by molar-refractivity contribution is -0.109. The van der Waals surface area contributed by atoms with Crippen molar-refractivity contribution in [1.82, 2.24) is 14.5 Å². The van der Waals surface area contributed by atoms with Crippen LogP contribution in [0, 0.1) is 5.82 Å². The van der Waals surface area contributed by atoms with Crippen molar-refractivity contribution in [3.63, 3.8) is 0 Å². The van der Waals surface area contributed by atoms with E-state index in [9.17, 15) is 14.0 Å². The molecule has 0 spiro atoms. The minimum atomic E-state index is -0.375. The summed E-state index contributed by atoms with van der Waals surface area (Å²) in [6.45, 7) is 1.45. The number of hydrogen-bond donors (Lipinski definition) is 0. The van der Waals surface area contributed by atoms with Gasteiger partial charge in [-0.2, -0.15) is 0 Å². The fraction of sp³-hybridized carbons (Fsp3) is 0.320. The van der Waals surface area contributed by atoms with Gasteiger partial charge in [-0.15, -0.1) is 0 Å². The van der Waals surface area contributed by atoms with E-state index in [0.29, 0.717) is 48.6 Å². The molecule has 0 unspecified atom stereocenters. The van der Waals surface area contributed by atoms with Crippen LogP contribution in [0.3, 0.4) is 0 Å². The quantitative estimate of drug-likeness (QED) is 0.489. The van der Waals surface area contributed by atoms with Gasteiger partial charge in [0.05, 0.1) is 6.33 Å². The number of nitrogens with zero attached hydrogens (tertiary/aromatic N) is 3. The van der Waals surface area contributed by atoms with Gasteiger partial charge in [0.2, 0.25) is 0 Å². The molecule has 0 bridgehead atoms. The highest BCUT2D eigenvalue weighted by Crippen LogP contribution is 2.29. The Bertz CT molecular complexity index is 1120. The number of amides is 1. The zero-order valence-electron chi connectivity index (χ0n) is 18.4. The van der Waals surface area contributed by atoms with Gasteiger partial charge < -0.3 is 18.9 Å². The van der Waals surface area contributed by atoms with Crippen molar-refractivity contribution in [3.05, 3.63) is 72.1 Å². The van der Waals surface area contributed by atoms with E-state index in [-0.39, 0.29) is 24.4 Å². The minimum Gasteiger partial charge on any atom is -0.486 e. The summed E-state index contributed by atoms with van der Waals surface area (Å²) in [5.41, 5.74) is 2.22. The van der Waals surface area contributed by atoms with Crippen molar-refractivity contribution in [1.29, 1.82) is 0 Å². The number of benzene rings is 2. The summed E-state index contributed by atoms with van der Waals surface area (Å²) in [5, 5.41) is 0. The van der Waals surface area contributed by atoms with Crippen LogP contribution in [0.4, 0.5) is 4.39 Å². The summed E-state index contributed by atoms with van der Waals surface area (Å²) < 4.78 is 27.3. The molecule has 3 aromatic rings. The zero-order chi connectivity index (χ0) is 23.2. The van der Waals surface area contributed by atoms with Crippen LogP contribution in [-0.4, -0.2) is 52.5 Å². The minimum absolute atomic E-state index is 0.0156. The van der Waals surface area contributed by atoms with Crippen LogP contribution in [0.5, 0.6) is 5.75 Å². The number of carbonyl (C=O) groups is 2. The van der Waals surface area contributed by atoms with E-state index in [0.717, 1.165) is 18.4 Å². The SMILES string of the molecule is Cn1cnc(C(=O)N(Cc2ccc(F)c(-c3cccc(OCC=O)c3)c2)C2CCOCC2)c1. The van der Waals surface area contributed by atoms with Crippen LogP contribution in [0.2, 0.25) is 0 Å². The van der Waals surface area contributed by atoms with Crippen LogP contribution in [0.25, 0.3) is 11.1 Å². The molecule has 172 valence electrons. The second-order valence-electron chi connectivity index (χ2n) is 8.02. The van der Waals surface area contributed by atoms with Gasteiger partial charge in [0.1, 0.15) is 23.9 Å². The Kier molecular flexibility index (Phi) is 7.14. The van der Waals surface area contributed by atoms with Crippen LogP contribution in [-0.2, 0) is 23.1 Å². The van der Waals surface area contributed by atoms with Gasteiger partial charge in [-0.1, -0.05) is 18.2 Å². The van der Waals surface area contributed by atoms with E-state index in [2.05, 4.69) is 4.98 Å². The molecule has 0 atom stereocenters. The number of aldehydes is 1. The van der Waals surface area contributed by atoms with Crippen molar-refractivity contribution < 1.29 is 23.5 Å². The Balaban J connectivity index is 1.63. The first-order chi connectivity index (χ1) is 16.0. The molecule has 1 fully saturated rings. The average Bonchev–Trinajstić information content (AvgIpc) is 3.28. The molecule has 0 radical (unpaired) electrons. The van der Waals surface area contributed by atoms with Crippen molar-refractivity contribution in [2.24, 2.45) is 7.05 Å². The highest BCUT2D eigenvalue weighted by molar-refractivity contribution is 5.92. The monoisotopic (exact) mass is 451 g/mol. The standard InChI is InChI=1S/C25H26FN3O4/c1-28-16-24(27-17-28)25(31)29(20-7-10-32-11-8-20)15-18-5-6-23(26)22(13-18)19-3-2-4-21(14-19)33-12-9-30/h2-6,9,13-14,16-17,20H,7-8,10-12,15H2,1H3. The summed E-state index contributed by atoms with van der Waals surface area (Å²) in [7, 11) is 1.82. The molecule has 0 aliphatic carbocycles. The van der Waals surface area contributed by atoms with E-state index in [4.69, 9.17) is 9.47 Å². The van der Waals surface area contributed by atoms with Gasteiger partial charge in [-0.3, -0.25) is 9.59 Å². The van der Waals surface area contributed by atoms with E-state index < -0.39 is 0 Å². The third-order valence-electron chi connectivity index (χ3n) is 5.66. The molecule has 1 aliphatic rings. The number of rotatable bonds is 8. The number of carbonyl (C=O) groups excluding carboxylic acids is 2. The molecule has 1 aromatic heterocycles. The lowest BCUT2D eigenvalue weighted by Crippen LogP contribution is -2.43. The van der Waals surface area contributed by atoms with E-state index in [1.54, 1.807) is 53.5 Å². The van der Waals surface area contributed by atoms with Crippen LogP contribution >= 0.6 is 0 Å². The van der Waals surface area contributed by atoms with Gasteiger partial charge in [0.25, 0.3) is 5.91 Å². The molecule has 8 heteroatoms. The predicted octanol–water partition coefficient (Wildman–Crippen LogP) is 3.63. The van der Waals surface area contributed by atoms with Gasteiger partial charge in [-0.05, 0) is 48.2 Å². The van der Waals surface area contributed by atoms with Crippen LogP contribution < -0.4 is 4.74 Å². The van der Waals surface area contributed by atoms with Gasteiger partial charge in [0, 0.05) is 44.6 Å². The maximum Gasteiger partial charge on any atom is 0.274 e. The van der Waals surface area contributed by atoms with Gasteiger partial charge >= 0.3 is 0 Å². The Morgan fingerprint density at radius 3 is 2.82 bits per heavy atom. The fourth-order valence-electron chi connectivity index (χ4n) is 4.01. The highest BCUT2D eigenvalue weighted by atomic mass is 19.1. The third-order valence-corrected chi connectivity index (χ3v) is 5.66. The third kappa shape index (κ3) is 5.46. The number of ether oxygens (including phenoxy) is 2. The first-order valence-electron chi connectivity index (χ1n) is 10.9. The number of hydrogen-bond acceptors (Lipinski definition) is 5. The summed E-state index contributed by atoms with van der Waals surface area (Å²) in [6.07, 6.45) is 5.45. The van der Waals surface area contributed by atoms with Crippen molar-refractivity contribution >= 4 is 12.2 Å². The first kappa shape index (κ1) is 22.7. The normalized spacial score (nSPS) is 14.1. The molecule has 0 N–H and O–H groups in total. The molecule has 2 heterocycles. The topological polar surface area (TPSA) is 73.7 Å². The summed E-state index contributed by atoms with van der Waals surface area (Å²) in [5.74, 6) is -0.0452. The van der Waals surface area contributed by atoms with Crippen molar-refractivity contribution in [2.75, 3.05) is 19.8 Å². The lowest BCUT2D eigenvalue weighted by Gasteiger charge is -2.34. The lowest BCUT2D eigenvalue weighted by atomic mass is 10.0. The fourth-order valence-corrected chi connectivity index (χ4v) is 4.01. The zero-order valence-corrected chi connectivity index (χ0v) is 18.4. The van der Waals surface area contributed by atoms with E-state index >= 15 is 0 Å². The molecular weight excluding hydrogens is 425 g/mol. The first-order valence-corrected chi connectivity index (χ1v) is 10.9. The molecule has 1 amide bonds. The van der Waals surface area contributed by atoms with E-state index in [1.165, 1.54) is 6.07 Å². The molecule has 4 rings (SSSR count). The molecular formula is C25H26FN3O4. The maximum absolute atomic E-state index is 14.8. The number of aryl methyl sites for hydroxylation is 1. The van der Waals surface area contributed by atoms with Crippen LogP contribution in [0.1, 0.15) is 28.9 Å². The largest absolute Gasteiger partial charge is 0.486 e. The Morgan fingerprint density at radius 2 is 2.09 bits per heavy atom. The Hall–Kier alpha value is -3.52. The average molecular weight is 451 g/mol. The van der Waals surface area contributed by atoms with Crippen molar-refractivity contribution in [2.45, 2.75) is 25.4 Å². The molecule has 1 saturated heterocycles. The second-order valence-corrected chi connectivity index (χ2v) is 8.02.